The summed E-state index contributed by atoms with van der Waals surface area (Å²) in [5.41, 5.74) is 2.83. The van der Waals surface area contributed by atoms with E-state index in [0.717, 1.165) is 26.2 Å². The normalized spacial score (nSPS) is 19.7. The standard InChI is InChI=1S/C9H20N4O/c1-8(2)10-9(14)11-13-6-4-12(3)5-7-13/h8H,4-7H2,1-3H3,(H2,10,11,14). The lowest BCUT2D eigenvalue weighted by molar-refractivity contribution is 0.112. The third kappa shape index (κ3) is 3.93. The second-order valence-corrected chi connectivity index (χ2v) is 4.03. The molecule has 14 heavy (non-hydrogen) atoms. The molecule has 1 aliphatic heterocycles. The highest BCUT2D eigenvalue weighted by molar-refractivity contribution is 5.73. The molecule has 1 rings (SSSR count). The van der Waals surface area contributed by atoms with Crippen molar-refractivity contribution in [2.75, 3.05) is 33.2 Å². The molecular formula is C9H20N4O. The van der Waals surface area contributed by atoms with Crippen LogP contribution in [-0.4, -0.2) is 55.2 Å². The van der Waals surface area contributed by atoms with Gasteiger partial charge in [0.05, 0.1) is 0 Å². The van der Waals surface area contributed by atoms with Gasteiger partial charge in [-0.15, -0.1) is 0 Å². The lowest BCUT2D eigenvalue weighted by Gasteiger charge is -2.32. The third-order valence-corrected chi connectivity index (χ3v) is 2.18. The van der Waals surface area contributed by atoms with Gasteiger partial charge in [-0.2, -0.15) is 0 Å². The molecule has 0 saturated carbocycles. The number of hydrogen-bond donors (Lipinski definition) is 2. The SMILES string of the molecule is CC(C)NC(=O)NN1CCN(C)CC1. The van der Waals surface area contributed by atoms with Crippen LogP contribution in [0.15, 0.2) is 0 Å². The van der Waals surface area contributed by atoms with Gasteiger partial charge >= 0.3 is 6.03 Å². The number of urea groups is 1. The van der Waals surface area contributed by atoms with E-state index in [1.165, 1.54) is 0 Å². The van der Waals surface area contributed by atoms with Gasteiger partial charge in [-0.05, 0) is 20.9 Å². The summed E-state index contributed by atoms with van der Waals surface area (Å²) in [6.07, 6.45) is 0. The first-order valence-corrected chi connectivity index (χ1v) is 5.08. The second-order valence-electron chi connectivity index (χ2n) is 4.03. The van der Waals surface area contributed by atoms with Crippen LogP contribution < -0.4 is 10.7 Å². The van der Waals surface area contributed by atoms with Crippen LogP contribution in [0.2, 0.25) is 0 Å². The van der Waals surface area contributed by atoms with Crippen molar-refractivity contribution in [2.45, 2.75) is 19.9 Å². The molecule has 1 aliphatic rings. The summed E-state index contributed by atoms with van der Waals surface area (Å²) in [6, 6.07) is 0.0759. The summed E-state index contributed by atoms with van der Waals surface area (Å²) in [5, 5.41) is 4.75. The van der Waals surface area contributed by atoms with E-state index in [1.54, 1.807) is 0 Å². The van der Waals surface area contributed by atoms with Gasteiger partial charge in [0.1, 0.15) is 0 Å². The molecule has 0 aliphatic carbocycles. The number of carbonyl (C=O) groups excluding carboxylic acids is 1. The van der Waals surface area contributed by atoms with Crippen molar-refractivity contribution < 1.29 is 4.79 Å². The maximum Gasteiger partial charge on any atom is 0.329 e. The van der Waals surface area contributed by atoms with Gasteiger partial charge < -0.3 is 10.2 Å². The van der Waals surface area contributed by atoms with E-state index < -0.39 is 0 Å². The Hall–Kier alpha value is -0.810. The van der Waals surface area contributed by atoms with Crippen molar-refractivity contribution >= 4 is 6.03 Å². The lowest BCUT2D eigenvalue weighted by atomic mass is 10.4. The molecule has 0 spiro atoms. The van der Waals surface area contributed by atoms with Crippen LogP contribution in [-0.2, 0) is 0 Å². The molecule has 2 amide bonds. The number of likely N-dealkylation sites (N-methyl/N-ethyl adjacent to an activating group) is 1. The Morgan fingerprint density at radius 2 is 1.79 bits per heavy atom. The minimum atomic E-state index is -0.107. The van der Waals surface area contributed by atoms with E-state index in [-0.39, 0.29) is 12.1 Å². The number of hydrogen-bond acceptors (Lipinski definition) is 3. The highest BCUT2D eigenvalue weighted by Crippen LogP contribution is 1.94. The van der Waals surface area contributed by atoms with Gasteiger partial charge in [-0.1, -0.05) is 0 Å². The Labute approximate surface area is 85.4 Å². The van der Waals surface area contributed by atoms with Crippen molar-refractivity contribution in [1.29, 1.82) is 0 Å². The van der Waals surface area contributed by atoms with Crippen LogP contribution in [0.4, 0.5) is 4.79 Å². The van der Waals surface area contributed by atoms with E-state index in [1.807, 2.05) is 18.9 Å². The van der Waals surface area contributed by atoms with E-state index in [9.17, 15) is 4.79 Å². The maximum atomic E-state index is 11.3. The average molecular weight is 200 g/mol. The monoisotopic (exact) mass is 200 g/mol. The fourth-order valence-electron chi connectivity index (χ4n) is 1.36. The average Bonchev–Trinajstić information content (AvgIpc) is 2.07. The van der Waals surface area contributed by atoms with Gasteiger partial charge in [0.15, 0.2) is 0 Å². The number of nitrogens with one attached hydrogen (secondary N) is 2. The zero-order valence-electron chi connectivity index (χ0n) is 9.21. The Kier molecular flexibility index (Phi) is 4.16. The van der Waals surface area contributed by atoms with Crippen LogP contribution in [0.3, 0.4) is 0 Å². The number of hydrazine groups is 1. The second kappa shape index (κ2) is 5.17. The van der Waals surface area contributed by atoms with Gasteiger partial charge in [0.2, 0.25) is 0 Å². The van der Waals surface area contributed by atoms with Crippen molar-refractivity contribution in [2.24, 2.45) is 0 Å². The van der Waals surface area contributed by atoms with Crippen LogP contribution >= 0.6 is 0 Å². The molecular weight excluding hydrogens is 180 g/mol. The summed E-state index contributed by atoms with van der Waals surface area (Å²) in [7, 11) is 2.09. The zero-order chi connectivity index (χ0) is 10.6. The predicted molar refractivity (Wildman–Crippen MR) is 55.9 cm³/mol. The smallest absolute Gasteiger partial charge is 0.329 e. The van der Waals surface area contributed by atoms with Gasteiger partial charge in [0.25, 0.3) is 0 Å². The molecule has 5 heteroatoms. The Balaban J connectivity index is 2.20. The summed E-state index contributed by atoms with van der Waals surface area (Å²) >= 11 is 0. The number of carbonyl (C=O) groups is 1. The summed E-state index contributed by atoms with van der Waals surface area (Å²) in [5.74, 6) is 0. The highest BCUT2D eigenvalue weighted by Gasteiger charge is 2.15. The van der Waals surface area contributed by atoms with Gasteiger partial charge in [0, 0.05) is 32.2 Å². The molecule has 0 atom stereocenters. The molecule has 0 radical (unpaired) electrons. The van der Waals surface area contributed by atoms with Crippen LogP contribution in [0, 0.1) is 0 Å². The van der Waals surface area contributed by atoms with E-state index in [2.05, 4.69) is 22.7 Å². The van der Waals surface area contributed by atoms with Gasteiger partial charge in [-0.3, -0.25) is 5.43 Å². The molecule has 0 bridgehead atoms. The van der Waals surface area contributed by atoms with E-state index >= 15 is 0 Å². The Bertz CT molecular complexity index is 187. The van der Waals surface area contributed by atoms with Crippen LogP contribution in [0.5, 0.6) is 0 Å². The minimum Gasteiger partial charge on any atom is -0.335 e. The largest absolute Gasteiger partial charge is 0.335 e. The fraction of sp³-hybridized carbons (Fsp3) is 0.889. The predicted octanol–water partition coefficient (Wildman–Crippen LogP) is -0.144. The molecule has 82 valence electrons. The summed E-state index contributed by atoms with van der Waals surface area (Å²) in [6.45, 7) is 7.68. The first-order chi connectivity index (χ1) is 6.58. The number of amides is 2. The molecule has 0 aromatic carbocycles. The zero-order valence-corrected chi connectivity index (χ0v) is 9.21. The van der Waals surface area contributed by atoms with E-state index in [4.69, 9.17) is 0 Å². The maximum absolute atomic E-state index is 11.3. The minimum absolute atomic E-state index is 0.107. The van der Waals surface area contributed by atoms with Crippen molar-refractivity contribution in [3.05, 3.63) is 0 Å². The molecule has 0 aromatic heterocycles. The van der Waals surface area contributed by atoms with Crippen molar-refractivity contribution in [3.63, 3.8) is 0 Å². The molecule has 1 saturated heterocycles. The molecule has 2 N–H and O–H groups in total. The Morgan fingerprint density at radius 3 is 2.29 bits per heavy atom. The summed E-state index contributed by atoms with van der Waals surface area (Å²) < 4.78 is 0. The first kappa shape index (κ1) is 11.3. The lowest BCUT2D eigenvalue weighted by Crippen LogP contribution is -2.55. The van der Waals surface area contributed by atoms with E-state index in [0.29, 0.717) is 0 Å². The van der Waals surface area contributed by atoms with Crippen molar-refractivity contribution in [1.82, 2.24) is 20.7 Å². The highest BCUT2D eigenvalue weighted by atomic mass is 16.2. The van der Waals surface area contributed by atoms with Crippen LogP contribution in [0.1, 0.15) is 13.8 Å². The Morgan fingerprint density at radius 1 is 1.21 bits per heavy atom. The quantitative estimate of drug-likeness (QED) is 0.652. The number of piperazine rings is 1. The number of nitrogens with zero attached hydrogens (tertiary/aromatic N) is 2. The molecule has 1 heterocycles. The topological polar surface area (TPSA) is 47.6 Å². The first-order valence-electron chi connectivity index (χ1n) is 5.08. The fourth-order valence-corrected chi connectivity index (χ4v) is 1.36. The van der Waals surface area contributed by atoms with Crippen molar-refractivity contribution in [3.8, 4) is 0 Å². The molecule has 0 unspecified atom stereocenters. The summed E-state index contributed by atoms with van der Waals surface area (Å²) in [4.78, 5) is 13.6. The van der Waals surface area contributed by atoms with Gasteiger partial charge in [-0.25, -0.2) is 9.80 Å². The van der Waals surface area contributed by atoms with Crippen LogP contribution in [0.25, 0.3) is 0 Å². The number of rotatable bonds is 2. The molecule has 5 nitrogen and oxygen atoms in total. The molecule has 0 aromatic rings. The molecule has 1 fully saturated rings. The third-order valence-electron chi connectivity index (χ3n) is 2.18.